The monoisotopic (exact) mass is 437 g/mol. The first kappa shape index (κ1) is 19.8. The molecule has 0 saturated carbocycles. The number of nitrogens with zero attached hydrogens (tertiary/aromatic N) is 3. The van der Waals surface area contributed by atoms with Crippen LogP contribution in [-0.4, -0.2) is 27.0 Å². The standard InChI is InChI=1S/C27H23N3O3/c1-17-26-20(15-30(16-32-26)13-18-7-9-28-10-8-18)11-22-25(31)24(33-27(17)22)12-19-14-29(2)23-6-4-3-5-21(19)23/h3-12,14H,13,15-16H2,1-2H3/b24-12-. The topological polar surface area (TPSA) is 56.6 Å². The molecule has 6 nitrogen and oxygen atoms in total. The fourth-order valence-electron chi connectivity index (χ4n) is 4.77. The molecule has 0 radical (unpaired) electrons. The van der Waals surface area contributed by atoms with E-state index in [1.165, 1.54) is 5.56 Å². The summed E-state index contributed by atoms with van der Waals surface area (Å²) >= 11 is 0. The smallest absolute Gasteiger partial charge is 0.231 e. The minimum atomic E-state index is -0.0879. The summed E-state index contributed by atoms with van der Waals surface area (Å²) in [5.74, 6) is 1.68. The van der Waals surface area contributed by atoms with Gasteiger partial charge in [0.2, 0.25) is 5.78 Å². The Bertz CT molecular complexity index is 1440. The molecular weight excluding hydrogens is 414 g/mol. The van der Waals surface area contributed by atoms with Crippen molar-refractivity contribution in [3.8, 4) is 11.5 Å². The number of carbonyl (C=O) groups excluding carboxylic acids is 1. The maximum Gasteiger partial charge on any atom is 0.231 e. The first-order valence-electron chi connectivity index (χ1n) is 11.0. The number of hydrogen-bond donors (Lipinski definition) is 0. The minimum absolute atomic E-state index is 0.0879. The summed E-state index contributed by atoms with van der Waals surface area (Å²) in [5.41, 5.74) is 5.74. The lowest BCUT2D eigenvalue weighted by Crippen LogP contribution is -2.32. The zero-order valence-electron chi connectivity index (χ0n) is 18.5. The molecular formula is C27H23N3O3. The summed E-state index contributed by atoms with van der Waals surface area (Å²) in [5, 5.41) is 1.09. The fourth-order valence-corrected chi connectivity index (χ4v) is 4.77. The van der Waals surface area contributed by atoms with Crippen LogP contribution in [0, 0.1) is 6.92 Å². The third-order valence-electron chi connectivity index (χ3n) is 6.37. The second kappa shape index (κ2) is 7.60. The number of allylic oxidation sites excluding steroid dienone is 1. The Labute approximate surface area is 191 Å². The van der Waals surface area contributed by atoms with Crippen LogP contribution in [0.1, 0.15) is 32.6 Å². The molecule has 0 amide bonds. The average Bonchev–Trinajstić information content (AvgIpc) is 3.32. The number of aromatic nitrogens is 2. The van der Waals surface area contributed by atoms with Gasteiger partial charge in [-0.15, -0.1) is 0 Å². The van der Waals surface area contributed by atoms with Gasteiger partial charge in [0.1, 0.15) is 18.2 Å². The molecule has 4 aromatic rings. The number of rotatable bonds is 3. The Morgan fingerprint density at radius 3 is 2.79 bits per heavy atom. The van der Waals surface area contributed by atoms with Gasteiger partial charge in [-0.1, -0.05) is 18.2 Å². The van der Waals surface area contributed by atoms with Crippen molar-refractivity contribution in [3.05, 3.63) is 94.6 Å². The van der Waals surface area contributed by atoms with Gasteiger partial charge in [-0.3, -0.25) is 14.7 Å². The van der Waals surface area contributed by atoms with Crippen LogP contribution in [0.4, 0.5) is 0 Å². The molecule has 0 bridgehead atoms. The predicted octanol–water partition coefficient (Wildman–Crippen LogP) is 4.85. The molecule has 33 heavy (non-hydrogen) atoms. The molecule has 2 aliphatic rings. The Kier molecular flexibility index (Phi) is 4.55. The van der Waals surface area contributed by atoms with Gasteiger partial charge >= 0.3 is 0 Å². The second-order valence-corrected chi connectivity index (χ2v) is 8.63. The lowest BCUT2D eigenvalue weighted by molar-refractivity contribution is 0.0876. The van der Waals surface area contributed by atoms with Crippen molar-refractivity contribution in [2.24, 2.45) is 7.05 Å². The summed E-state index contributed by atoms with van der Waals surface area (Å²) in [6.45, 7) is 3.92. The molecule has 164 valence electrons. The van der Waals surface area contributed by atoms with Gasteiger partial charge in [0.05, 0.1) is 5.56 Å². The van der Waals surface area contributed by atoms with Crippen LogP contribution in [0.15, 0.2) is 66.8 Å². The Morgan fingerprint density at radius 1 is 1.12 bits per heavy atom. The van der Waals surface area contributed by atoms with Crippen molar-refractivity contribution >= 4 is 22.8 Å². The summed E-state index contributed by atoms with van der Waals surface area (Å²) < 4.78 is 14.3. The molecule has 2 aliphatic heterocycles. The molecule has 0 aliphatic carbocycles. The lowest BCUT2D eigenvalue weighted by atomic mass is 10.00. The number of aryl methyl sites for hydroxylation is 1. The van der Waals surface area contributed by atoms with Crippen molar-refractivity contribution in [2.75, 3.05) is 6.73 Å². The van der Waals surface area contributed by atoms with Crippen LogP contribution in [-0.2, 0) is 20.1 Å². The van der Waals surface area contributed by atoms with E-state index >= 15 is 0 Å². The van der Waals surface area contributed by atoms with Crippen LogP contribution in [0.25, 0.3) is 17.0 Å². The van der Waals surface area contributed by atoms with Gasteiger partial charge in [-0.2, -0.15) is 0 Å². The van der Waals surface area contributed by atoms with E-state index in [9.17, 15) is 4.79 Å². The van der Waals surface area contributed by atoms with Crippen molar-refractivity contribution < 1.29 is 14.3 Å². The highest BCUT2D eigenvalue weighted by Gasteiger charge is 2.33. The summed E-state index contributed by atoms with van der Waals surface area (Å²) in [6, 6.07) is 14.1. The Morgan fingerprint density at radius 2 is 1.94 bits per heavy atom. The number of pyridine rings is 1. The summed E-state index contributed by atoms with van der Waals surface area (Å²) in [7, 11) is 2.00. The van der Waals surface area contributed by atoms with Crippen LogP contribution in [0.5, 0.6) is 11.5 Å². The van der Waals surface area contributed by atoms with Crippen LogP contribution in [0.3, 0.4) is 0 Å². The quantitative estimate of drug-likeness (QED) is 0.429. The molecule has 2 aromatic carbocycles. The van der Waals surface area contributed by atoms with E-state index < -0.39 is 0 Å². The number of carbonyl (C=O) groups is 1. The molecule has 0 spiro atoms. The van der Waals surface area contributed by atoms with Gasteiger partial charge in [-0.25, -0.2) is 0 Å². The molecule has 0 unspecified atom stereocenters. The van der Waals surface area contributed by atoms with E-state index in [4.69, 9.17) is 9.47 Å². The normalized spacial score (nSPS) is 16.5. The van der Waals surface area contributed by atoms with Crippen molar-refractivity contribution in [2.45, 2.75) is 20.0 Å². The maximum atomic E-state index is 13.3. The first-order valence-corrected chi connectivity index (χ1v) is 11.0. The molecule has 4 heterocycles. The summed E-state index contributed by atoms with van der Waals surface area (Å²) in [4.78, 5) is 19.6. The van der Waals surface area contributed by atoms with Crippen LogP contribution < -0.4 is 9.47 Å². The zero-order valence-corrected chi connectivity index (χ0v) is 18.5. The highest BCUT2D eigenvalue weighted by Crippen LogP contribution is 2.43. The molecule has 0 atom stereocenters. The molecule has 0 fully saturated rings. The Hall–Kier alpha value is -3.90. The number of ether oxygens (including phenoxy) is 2. The Balaban J connectivity index is 1.32. The number of Topliss-reactive ketones (excluding diaryl/α,β-unsaturated/α-hetero) is 1. The largest absolute Gasteiger partial charge is 0.477 e. The molecule has 0 saturated heterocycles. The van der Waals surface area contributed by atoms with Crippen molar-refractivity contribution in [1.82, 2.24) is 14.5 Å². The first-order chi connectivity index (χ1) is 16.1. The van der Waals surface area contributed by atoms with E-state index in [-0.39, 0.29) is 5.78 Å². The van der Waals surface area contributed by atoms with E-state index in [2.05, 4.69) is 26.6 Å². The zero-order chi connectivity index (χ0) is 22.5. The van der Waals surface area contributed by atoms with Gasteiger partial charge in [0.15, 0.2) is 5.76 Å². The molecule has 6 rings (SSSR count). The number of fused-ring (bicyclic) bond motifs is 3. The average molecular weight is 437 g/mol. The maximum absolute atomic E-state index is 13.3. The predicted molar refractivity (Wildman–Crippen MR) is 126 cm³/mol. The highest BCUT2D eigenvalue weighted by molar-refractivity contribution is 6.15. The number of ketones is 1. The van der Waals surface area contributed by atoms with E-state index in [0.29, 0.717) is 30.3 Å². The molecule has 6 heteroatoms. The fraction of sp³-hybridized carbons (Fsp3) is 0.185. The van der Waals surface area contributed by atoms with Gasteiger partial charge in [0, 0.05) is 66.3 Å². The third kappa shape index (κ3) is 3.31. The van der Waals surface area contributed by atoms with Crippen LogP contribution in [0.2, 0.25) is 0 Å². The molecule has 0 N–H and O–H groups in total. The number of hydrogen-bond acceptors (Lipinski definition) is 5. The van der Waals surface area contributed by atoms with Gasteiger partial charge in [0.25, 0.3) is 0 Å². The minimum Gasteiger partial charge on any atom is -0.477 e. The van der Waals surface area contributed by atoms with E-state index in [0.717, 1.165) is 39.9 Å². The van der Waals surface area contributed by atoms with E-state index in [1.54, 1.807) is 12.4 Å². The summed E-state index contributed by atoms with van der Waals surface area (Å²) in [6.07, 6.45) is 7.46. The third-order valence-corrected chi connectivity index (χ3v) is 6.37. The number of para-hydroxylation sites is 1. The SMILES string of the molecule is Cc1c2c(cc3c1O/C(=C\c1cn(C)c4ccccc14)C3=O)CN(Cc1ccncc1)CO2. The second-order valence-electron chi connectivity index (χ2n) is 8.63. The highest BCUT2D eigenvalue weighted by atomic mass is 16.5. The van der Waals surface area contributed by atoms with E-state index in [1.807, 2.05) is 56.6 Å². The van der Waals surface area contributed by atoms with Crippen LogP contribution >= 0.6 is 0 Å². The van der Waals surface area contributed by atoms with Gasteiger partial charge < -0.3 is 14.0 Å². The number of benzene rings is 2. The van der Waals surface area contributed by atoms with Crippen molar-refractivity contribution in [3.63, 3.8) is 0 Å². The van der Waals surface area contributed by atoms with Gasteiger partial charge in [-0.05, 0) is 42.8 Å². The lowest BCUT2D eigenvalue weighted by Gasteiger charge is -2.30. The molecule has 2 aromatic heterocycles. The van der Waals surface area contributed by atoms with Crippen molar-refractivity contribution in [1.29, 1.82) is 0 Å².